The molecule has 3 N–H and O–H groups in total. The first-order valence-electron chi connectivity index (χ1n) is 11.3. The summed E-state index contributed by atoms with van der Waals surface area (Å²) in [5.41, 5.74) is -0.116. The molecule has 182 valence electrons. The van der Waals surface area contributed by atoms with Gasteiger partial charge in [0, 0.05) is 18.2 Å². The van der Waals surface area contributed by atoms with Crippen LogP contribution < -0.4 is 5.32 Å². The van der Waals surface area contributed by atoms with E-state index in [2.05, 4.69) is 20.3 Å². The summed E-state index contributed by atoms with van der Waals surface area (Å²) in [4.78, 5) is 13.1. The molecule has 2 aliphatic rings. The Bertz CT molecular complexity index is 1230. The Balaban J connectivity index is 1.58. The van der Waals surface area contributed by atoms with Gasteiger partial charge in [0.25, 0.3) is 0 Å². The van der Waals surface area contributed by atoms with Crippen molar-refractivity contribution in [2.75, 3.05) is 18.5 Å². The second-order valence-corrected chi connectivity index (χ2v) is 9.89. The minimum absolute atomic E-state index is 0.0945. The number of aliphatic hydroxyl groups is 2. The predicted octanol–water partition coefficient (Wildman–Crippen LogP) is 3.75. The lowest BCUT2D eigenvalue weighted by Crippen LogP contribution is -2.42. The number of halogens is 3. The van der Waals surface area contributed by atoms with E-state index in [0.717, 1.165) is 0 Å². The molecule has 2 fully saturated rings. The van der Waals surface area contributed by atoms with E-state index in [0.29, 0.717) is 29.8 Å². The standard InChI is InChI=1S/C23H26ClF2N5O3/c1-23(2,33)21-29-20-15(26)5-11(6-17(20)31(21)13-7-12(25)8-13)19-14(24)9-27-22(30-19)28-16-3-4-34-10-18(16)32/h5-6,9,12-13,16,18,32-33H,3-4,7-8,10H2,1-2H3,(H,27,28,30)/t12?,13?,16-,18-/m1/s1. The highest BCUT2D eigenvalue weighted by molar-refractivity contribution is 6.33. The molecule has 0 radical (unpaired) electrons. The zero-order valence-corrected chi connectivity index (χ0v) is 19.6. The van der Waals surface area contributed by atoms with E-state index in [1.54, 1.807) is 24.5 Å². The first-order valence-corrected chi connectivity index (χ1v) is 11.6. The number of alkyl halides is 1. The molecule has 1 saturated carbocycles. The number of rotatable bonds is 5. The van der Waals surface area contributed by atoms with E-state index in [4.69, 9.17) is 16.3 Å². The van der Waals surface area contributed by atoms with Crippen LogP contribution in [0.4, 0.5) is 14.7 Å². The van der Waals surface area contributed by atoms with Gasteiger partial charge >= 0.3 is 0 Å². The number of fused-ring (bicyclic) bond motifs is 1. The maximum absolute atomic E-state index is 15.3. The van der Waals surface area contributed by atoms with Crippen LogP contribution in [0.5, 0.6) is 0 Å². The maximum atomic E-state index is 15.3. The molecule has 2 atom stereocenters. The molecule has 1 aliphatic heterocycles. The van der Waals surface area contributed by atoms with Gasteiger partial charge in [0.2, 0.25) is 5.95 Å². The number of hydrogen-bond donors (Lipinski definition) is 3. The molecule has 3 aromatic rings. The first kappa shape index (κ1) is 23.3. The maximum Gasteiger partial charge on any atom is 0.223 e. The van der Waals surface area contributed by atoms with Crippen molar-refractivity contribution < 1.29 is 23.7 Å². The van der Waals surface area contributed by atoms with Gasteiger partial charge in [0.15, 0.2) is 5.82 Å². The highest BCUT2D eigenvalue weighted by Gasteiger charge is 2.37. The van der Waals surface area contributed by atoms with Gasteiger partial charge in [0.05, 0.1) is 41.2 Å². The minimum Gasteiger partial charge on any atom is -0.389 e. The summed E-state index contributed by atoms with van der Waals surface area (Å²) in [6.07, 6.45) is 0.905. The lowest BCUT2D eigenvalue weighted by atomic mass is 9.89. The molecular weight excluding hydrogens is 468 g/mol. The molecule has 1 saturated heterocycles. The number of hydrogen-bond acceptors (Lipinski definition) is 7. The Morgan fingerprint density at radius 3 is 2.71 bits per heavy atom. The topological polar surface area (TPSA) is 105 Å². The third-order valence-electron chi connectivity index (χ3n) is 6.38. The van der Waals surface area contributed by atoms with E-state index >= 15 is 4.39 Å². The number of aliphatic hydroxyl groups excluding tert-OH is 1. The number of benzene rings is 1. The Morgan fingerprint density at radius 2 is 2.03 bits per heavy atom. The Hall–Kier alpha value is -2.40. The number of ether oxygens (including phenoxy) is 1. The summed E-state index contributed by atoms with van der Waals surface area (Å²) in [6.45, 7) is 3.86. The zero-order chi connectivity index (χ0) is 24.2. The summed E-state index contributed by atoms with van der Waals surface area (Å²) in [5, 5.41) is 24.1. The molecule has 0 unspecified atom stereocenters. The van der Waals surface area contributed by atoms with Crippen LogP contribution in [0.2, 0.25) is 5.02 Å². The molecule has 5 rings (SSSR count). The molecule has 1 aromatic carbocycles. The van der Waals surface area contributed by atoms with Crippen LogP contribution in [0.1, 0.15) is 45.0 Å². The largest absolute Gasteiger partial charge is 0.389 e. The molecule has 3 heterocycles. The Morgan fingerprint density at radius 1 is 1.26 bits per heavy atom. The van der Waals surface area contributed by atoms with Gasteiger partial charge in [-0.15, -0.1) is 0 Å². The van der Waals surface area contributed by atoms with E-state index in [-0.39, 0.29) is 53.8 Å². The quantitative estimate of drug-likeness (QED) is 0.497. The molecule has 2 aromatic heterocycles. The lowest BCUT2D eigenvalue weighted by Gasteiger charge is -2.34. The highest BCUT2D eigenvalue weighted by atomic mass is 35.5. The van der Waals surface area contributed by atoms with Crippen LogP contribution in [0.3, 0.4) is 0 Å². The normalized spacial score (nSPS) is 25.4. The molecular formula is C23H26ClF2N5O3. The van der Waals surface area contributed by atoms with E-state index in [1.807, 2.05) is 0 Å². The minimum atomic E-state index is -1.35. The summed E-state index contributed by atoms with van der Waals surface area (Å²) in [6, 6.07) is 2.47. The number of nitrogens with zero attached hydrogens (tertiary/aromatic N) is 4. The molecule has 0 spiro atoms. The van der Waals surface area contributed by atoms with Crippen LogP contribution in [-0.2, 0) is 10.3 Å². The smallest absolute Gasteiger partial charge is 0.223 e. The number of anilines is 1. The van der Waals surface area contributed by atoms with Gasteiger partial charge in [-0.3, -0.25) is 0 Å². The highest BCUT2D eigenvalue weighted by Crippen LogP contribution is 2.41. The molecule has 34 heavy (non-hydrogen) atoms. The average molecular weight is 494 g/mol. The summed E-state index contributed by atoms with van der Waals surface area (Å²) in [5.74, 6) is -0.0761. The first-order chi connectivity index (χ1) is 16.1. The van der Waals surface area contributed by atoms with Crippen molar-refractivity contribution in [3.8, 4) is 11.3 Å². The van der Waals surface area contributed by atoms with Gasteiger partial charge in [-0.2, -0.15) is 0 Å². The third-order valence-corrected chi connectivity index (χ3v) is 6.65. The second-order valence-electron chi connectivity index (χ2n) is 9.48. The van der Waals surface area contributed by atoms with Crippen molar-refractivity contribution in [2.45, 2.75) is 63.1 Å². The SMILES string of the molecule is CC(C)(O)c1nc2c(F)cc(-c3nc(N[C@@H]4CCOC[C@H]4O)ncc3Cl)cc2n1C1CC(F)C1. The number of imidazole rings is 1. The van der Waals surface area contributed by atoms with Crippen LogP contribution in [0, 0.1) is 5.82 Å². The fourth-order valence-corrected chi connectivity index (χ4v) is 4.72. The number of nitrogens with one attached hydrogen (secondary N) is 1. The van der Waals surface area contributed by atoms with Crippen molar-refractivity contribution in [3.05, 3.63) is 35.0 Å². The second kappa shape index (κ2) is 8.67. The van der Waals surface area contributed by atoms with E-state index in [1.165, 1.54) is 12.3 Å². The van der Waals surface area contributed by atoms with Gasteiger partial charge < -0.3 is 24.8 Å². The van der Waals surface area contributed by atoms with Crippen LogP contribution >= 0.6 is 11.6 Å². The molecule has 0 amide bonds. The van der Waals surface area contributed by atoms with Crippen LogP contribution in [0.25, 0.3) is 22.3 Å². The summed E-state index contributed by atoms with van der Waals surface area (Å²) < 4.78 is 35.9. The fourth-order valence-electron chi connectivity index (χ4n) is 4.52. The summed E-state index contributed by atoms with van der Waals surface area (Å²) in [7, 11) is 0. The van der Waals surface area contributed by atoms with Crippen molar-refractivity contribution >= 4 is 28.6 Å². The lowest BCUT2D eigenvalue weighted by molar-refractivity contribution is -0.0136. The van der Waals surface area contributed by atoms with Gasteiger partial charge in [0.1, 0.15) is 23.1 Å². The van der Waals surface area contributed by atoms with E-state index < -0.39 is 23.7 Å². The van der Waals surface area contributed by atoms with Crippen molar-refractivity contribution in [1.29, 1.82) is 0 Å². The van der Waals surface area contributed by atoms with Crippen LogP contribution in [0.15, 0.2) is 18.3 Å². The third kappa shape index (κ3) is 4.24. The Kier molecular flexibility index (Phi) is 5.96. The van der Waals surface area contributed by atoms with Gasteiger partial charge in [-0.25, -0.2) is 23.7 Å². The van der Waals surface area contributed by atoms with Gasteiger partial charge in [-0.05, 0) is 45.2 Å². The monoisotopic (exact) mass is 493 g/mol. The molecule has 0 bridgehead atoms. The Labute approximate surface area is 200 Å². The summed E-state index contributed by atoms with van der Waals surface area (Å²) >= 11 is 6.39. The zero-order valence-electron chi connectivity index (χ0n) is 18.8. The molecule has 1 aliphatic carbocycles. The fraction of sp³-hybridized carbons (Fsp3) is 0.522. The van der Waals surface area contributed by atoms with Crippen molar-refractivity contribution in [3.63, 3.8) is 0 Å². The predicted molar refractivity (Wildman–Crippen MR) is 123 cm³/mol. The van der Waals surface area contributed by atoms with Crippen LogP contribution in [-0.4, -0.2) is 61.3 Å². The van der Waals surface area contributed by atoms with Crippen molar-refractivity contribution in [2.24, 2.45) is 0 Å². The van der Waals surface area contributed by atoms with E-state index in [9.17, 15) is 14.6 Å². The van der Waals surface area contributed by atoms with Crippen molar-refractivity contribution in [1.82, 2.24) is 19.5 Å². The number of aromatic nitrogens is 4. The average Bonchev–Trinajstić information content (AvgIpc) is 3.14. The molecule has 11 heteroatoms. The van der Waals surface area contributed by atoms with Gasteiger partial charge in [-0.1, -0.05) is 11.6 Å². The molecule has 8 nitrogen and oxygen atoms in total.